The molecule has 1 aliphatic heterocycles. The number of piperidine rings is 1. The predicted molar refractivity (Wildman–Crippen MR) is 77.1 cm³/mol. The Bertz CT molecular complexity index is 630. The zero-order valence-electron chi connectivity index (χ0n) is 11.5. The fourth-order valence-electron chi connectivity index (χ4n) is 2.04. The van der Waals surface area contributed by atoms with Gasteiger partial charge in [0.15, 0.2) is 0 Å². The van der Waals surface area contributed by atoms with Crippen LogP contribution in [0.2, 0.25) is 0 Å². The van der Waals surface area contributed by atoms with Crippen molar-refractivity contribution in [3.63, 3.8) is 0 Å². The number of rotatable bonds is 4. The first-order valence-corrected chi connectivity index (χ1v) is 8.02. The van der Waals surface area contributed by atoms with Crippen LogP contribution in [0.15, 0.2) is 29.2 Å². The van der Waals surface area contributed by atoms with E-state index in [2.05, 4.69) is 15.4 Å². The molecule has 8 heteroatoms. The van der Waals surface area contributed by atoms with Crippen LogP contribution in [0.5, 0.6) is 0 Å². The Kier molecular flexibility index (Phi) is 4.59. The van der Waals surface area contributed by atoms with E-state index in [1.807, 2.05) is 0 Å². The second-order valence-electron chi connectivity index (χ2n) is 4.76. The second-order valence-corrected chi connectivity index (χ2v) is 6.65. The highest BCUT2D eigenvalue weighted by Gasteiger charge is 2.24. The van der Waals surface area contributed by atoms with E-state index in [0.29, 0.717) is 25.1 Å². The molecular formula is C13H17N3O4S. The molecule has 1 fully saturated rings. The molecule has 1 aromatic carbocycles. The number of amides is 2. The highest BCUT2D eigenvalue weighted by molar-refractivity contribution is 7.89. The summed E-state index contributed by atoms with van der Waals surface area (Å²) < 4.78 is 25.4. The van der Waals surface area contributed by atoms with Crippen molar-refractivity contribution in [2.75, 3.05) is 18.9 Å². The molecule has 1 unspecified atom stereocenters. The van der Waals surface area contributed by atoms with Gasteiger partial charge in [-0.25, -0.2) is 13.1 Å². The normalized spacial score (nSPS) is 18.9. The van der Waals surface area contributed by atoms with Crippen LogP contribution in [-0.4, -0.2) is 33.8 Å². The van der Waals surface area contributed by atoms with E-state index in [4.69, 9.17) is 0 Å². The zero-order valence-corrected chi connectivity index (χ0v) is 12.4. The van der Waals surface area contributed by atoms with Gasteiger partial charge in [-0.3, -0.25) is 9.59 Å². The standard InChI is InChI=1S/C13H17N3O4S/c1-14-21(19,20)11-5-3-10(4-6-11)16-13(18)9-2-7-12(17)15-8-9/h3-6,9,14H,2,7-8H2,1H3,(H,15,17)(H,16,18). The van der Waals surface area contributed by atoms with Crippen LogP contribution in [0.3, 0.4) is 0 Å². The van der Waals surface area contributed by atoms with Gasteiger partial charge in [0, 0.05) is 18.7 Å². The maximum atomic E-state index is 12.0. The average Bonchev–Trinajstić information content (AvgIpc) is 2.48. The third kappa shape index (κ3) is 3.79. The Labute approximate surface area is 123 Å². The lowest BCUT2D eigenvalue weighted by atomic mass is 9.98. The molecule has 0 spiro atoms. The Hall–Kier alpha value is -1.93. The molecule has 21 heavy (non-hydrogen) atoms. The molecular weight excluding hydrogens is 294 g/mol. The first-order chi connectivity index (χ1) is 9.92. The number of anilines is 1. The summed E-state index contributed by atoms with van der Waals surface area (Å²) in [4.78, 5) is 23.2. The number of hydrogen-bond acceptors (Lipinski definition) is 4. The van der Waals surface area contributed by atoms with Gasteiger partial charge in [-0.15, -0.1) is 0 Å². The monoisotopic (exact) mass is 311 g/mol. The van der Waals surface area contributed by atoms with Gasteiger partial charge in [-0.2, -0.15) is 0 Å². The van der Waals surface area contributed by atoms with E-state index in [-0.39, 0.29) is 22.6 Å². The molecule has 2 rings (SSSR count). The van der Waals surface area contributed by atoms with Crippen molar-refractivity contribution in [3.8, 4) is 0 Å². The lowest BCUT2D eigenvalue weighted by Gasteiger charge is -2.21. The maximum absolute atomic E-state index is 12.0. The van der Waals surface area contributed by atoms with Crippen LogP contribution < -0.4 is 15.4 Å². The van der Waals surface area contributed by atoms with Gasteiger partial charge < -0.3 is 10.6 Å². The molecule has 1 atom stereocenters. The predicted octanol–water partition coefficient (Wildman–Crippen LogP) is 0.0594. The van der Waals surface area contributed by atoms with Crippen LogP contribution in [0, 0.1) is 5.92 Å². The molecule has 0 radical (unpaired) electrons. The lowest BCUT2D eigenvalue weighted by molar-refractivity contribution is -0.126. The molecule has 1 aromatic rings. The van der Waals surface area contributed by atoms with Gasteiger partial charge in [-0.1, -0.05) is 0 Å². The van der Waals surface area contributed by atoms with Gasteiger partial charge in [0.25, 0.3) is 0 Å². The van der Waals surface area contributed by atoms with E-state index in [1.54, 1.807) is 0 Å². The van der Waals surface area contributed by atoms with E-state index >= 15 is 0 Å². The van der Waals surface area contributed by atoms with Crippen molar-refractivity contribution in [1.82, 2.24) is 10.0 Å². The second kappa shape index (κ2) is 6.23. The van der Waals surface area contributed by atoms with Gasteiger partial charge >= 0.3 is 0 Å². The maximum Gasteiger partial charge on any atom is 0.240 e. The minimum atomic E-state index is -3.48. The molecule has 0 bridgehead atoms. The smallest absolute Gasteiger partial charge is 0.240 e. The quantitative estimate of drug-likeness (QED) is 0.731. The SMILES string of the molecule is CNS(=O)(=O)c1ccc(NC(=O)C2CCC(=O)NC2)cc1. The summed E-state index contributed by atoms with van der Waals surface area (Å²) in [6.45, 7) is 0.330. The van der Waals surface area contributed by atoms with E-state index in [1.165, 1.54) is 31.3 Å². The van der Waals surface area contributed by atoms with Crippen molar-refractivity contribution in [2.45, 2.75) is 17.7 Å². The highest BCUT2D eigenvalue weighted by atomic mass is 32.2. The Morgan fingerprint density at radius 2 is 1.95 bits per heavy atom. The van der Waals surface area contributed by atoms with Crippen molar-refractivity contribution < 1.29 is 18.0 Å². The molecule has 1 aliphatic rings. The third-order valence-corrected chi connectivity index (χ3v) is 4.77. The first-order valence-electron chi connectivity index (χ1n) is 6.53. The Morgan fingerprint density at radius 1 is 1.29 bits per heavy atom. The van der Waals surface area contributed by atoms with Crippen LogP contribution >= 0.6 is 0 Å². The minimum absolute atomic E-state index is 0.0410. The van der Waals surface area contributed by atoms with E-state index < -0.39 is 10.0 Å². The summed E-state index contributed by atoms with van der Waals surface area (Å²) in [6, 6.07) is 5.90. The van der Waals surface area contributed by atoms with E-state index in [0.717, 1.165) is 0 Å². The molecule has 7 nitrogen and oxygen atoms in total. The van der Waals surface area contributed by atoms with Crippen molar-refractivity contribution in [1.29, 1.82) is 0 Å². The summed E-state index contributed by atoms with van der Waals surface area (Å²) in [5.74, 6) is -0.483. The molecule has 2 amide bonds. The first kappa shape index (κ1) is 15.5. The minimum Gasteiger partial charge on any atom is -0.355 e. The zero-order chi connectivity index (χ0) is 15.5. The number of sulfonamides is 1. The molecule has 114 valence electrons. The average molecular weight is 311 g/mol. The van der Waals surface area contributed by atoms with Gasteiger partial charge in [0.2, 0.25) is 21.8 Å². The molecule has 1 saturated heterocycles. The topological polar surface area (TPSA) is 104 Å². The highest BCUT2D eigenvalue weighted by Crippen LogP contribution is 2.17. The van der Waals surface area contributed by atoms with Gasteiger partial charge in [0.1, 0.15) is 0 Å². The molecule has 3 N–H and O–H groups in total. The number of carbonyl (C=O) groups excluding carboxylic acids is 2. The van der Waals surface area contributed by atoms with E-state index in [9.17, 15) is 18.0 Å². The number of carbonyl (C=O) groups is 2. The Balaban J connectivity index is 2.00. The number of nitrogens with one attached hydrogen (secondary N) is 3. The third-order valence-electron chi connectivity index (χ3n) is 3.34. The molecule has 1 heterocycles. The lowest BCUT2D eigenvalue weighted by Crippen LogP contribution is -2.40. The fourth-order valence-corrected chi connectivity index (χ4v) is 2.77. The summed E-state index contributed by atoms with van der Waals surface area (Å²) in [5.41, 5.74) is 0.520. The summed E-state index contributed by atoms with van der Waals surface area (Å²) in [7, 11) is -2.14. The number of benzene rings is 1. The van der Waals surface area contributed by atoms with Crippen molar-refractivity contribution in [3.05, 3.63) is 24.3 Å². The fraction of sp³-hybridized carbons (Fsp3) is 0.385. The van der Waals surface area contributed by atoms with Crippen LogP contribution in [0.1, 0.15) is 12.8 Å². The van der Waals surface area contributed by atoms with Gasteiger partial charge in [-0.05, 0) is 37.7 Å². The largest absolute Gasteiger partial charge is 0.355 e. The Morgan fingerprint density at radius 3 is 2.48 bits per heavy atom. The van der Waals surface area contributed by atoms with Crippen LogP contribution in [0.4, 0.5) is 5.69 Å². The molecule has 0 saturated carbocycles. The van der Waals surface area contributed by atoms with Crippen molar-refractivity contribution >= 4 is 27.5 Å². The summed E-state index contributed by atoms with van der Waals surface area (Å²) in [6.07, 6.45) is 0.862. The summed E-state index contributed by atoms with van der Waals surface area (Å²) in [5, 5.41) is 5.37. The summed E-state index contributed by atoms with van der Waals surface area (Å²) >= 11 is 0. The van der Waals surface area contributed by atoms with Crippen LogP contribution in [0.25, 0.3) is 0 Å². The van der Waals surface area contributed by atoms with Crippen molar-refractivity contribution in [2.24, 2.45) is 5.92 Å². The number of hydrogen-bond donors (Lipinski definition) is 3. The molecule has 0 aliphatic carbocycles. The molecule has 0 aromatic heterocycles. The van der Waals surface area contributed by atoms with Gasteiger partial charge in [0.05, 0.1) is 10.8 Å². The van der Waals surface area contributed by atoms with Crippen LogP contribution in [-0.2, 0) is 19.6 Å².